The van der Waals surface area contributed by atoms with Gasteiger partial charge in [0.05, 0.1) is 31.3 Å². The van der Waals surface area contributed by atoms with Crippen molar-refractivity contribution in [3.8, 4) is 0 Å². The molecule has 4 aliphatic heterocycles. The van der Waals surface area contributed by atoms with Crippen molar-refractivity contribution < 1.29 is 29.0 Å². The number of aliphatic hydroxyl groups is 1. The highest BCUT2D eigenvalue weighted by Gasteiger charge is 2.72. The minimum atomic E-state index is -1.26. The molecule has 2 saturated heterocycles. The van der Waals surface area contributed by atoms with E-state index in [1.807, 2.05) is 38.2 Å². The molecular weight excluding hydrogens is 424 g/mol. The number of aliphatic hydroxyl groups excluding tert-OH is 1. The zero-order valence-corrected chi connectivity index (χ0v) is 19.8. The molecule has 6 atom stereocenters. The largest absolute Gasteiger partial charge is 0.465 e. The molecule has 8 heteroatoms. The molecule has 2 fully saturated rings. The number of fused-ring (bicyclic) bond motifs is 2. The first-order chi connectivity index (χ1) is 15.9. The van der Waals surface area contributed by atoms with Gasteiger partial charge in [-0.05, 0) is 18.8 Å². The van der Waals surface area contributed by atoms with Crippen LogP contribution in [-0.4, -0.2) is 82.8 Å². The van der Waals surface area contributed by atoms with E-state index >= 15 is 0 Å². The molecule has 0 saturated carbocycles. The molecule has 0 aromatic carbocycles. The first-order valence-electron chi connectivity index (χ1n) is 12.3. The summed E-state index contributed by atoms with van der Waals surface area (Å²) in [4.78, 5) is 44.3. The van der Waals surface area contributed by atoms with Crippen molar-refractivity contribution in [3.63, 3.8) is 0 Å². The minimum absolute atomic E-state index is 0.0802. The van der Waals surface area contributed by atoms with Gasteiger partial charge in [0.2, 0.25) is 11.8 Å². The van der Waals surface area contributed by atoms with Gasteiger partial charge in [-0.2, -0.15) is 0 Å². The summed E-state index contributed by atoms with van der Waals surface area (Å²) in [5.41, 5.74) is -1.26. The molecule has 0 aromatic rings. The first-order valence-corrected chi connectivity index (χ1v) is 12.3. The first kappa shape index (κ1) is 24.0. The minimum Gasteiger partial charge on any atom is -0.465 e. The van der Waals surface area contributed by atoms with Crippen LogP contribution in [0.25, 0.3) is 0 Å². The summed E-state index contributed by atoms with van der Waals surface area (Å²) in [6.07, 6.45) is 10.3. The molecule has 0 aromatic heterocycles. The third kappa shape index (κ3) is 3.91. The number of likely N-dealkylation sites (tertiary alicyclic amines) is 1. The Hall–Kier alpha value is -2.19. The van der Waals surface area contributed by atoms with Crippen molar-refractivity contribution in [1.82, 2.24) is 9.80 Å². The zero-order valence-electron chi connectivity index (χ0n) is 19.8. The number of nitrogens with zero attached hydrogens (tertiary/aromatic N) is 2. The maximum atomic E-state index is 14.0. The van der Waals surface area contributed by atoms with Gasteiger partial charge in [-0.1, -0.05) is 57.9 Å². The van der Waals surface area contributed by atoms with Crippen LogP contribution in [0.15, 0.2) is 24.3 Å². The van der Waals surface area contributed by atoms with Crippen LogP contribution in [0.1, 0.15) is 46.5 Å². The molecule has 0 aliphatic carbocycles. The van der Waals surface area contributed by atoms with Gasteiger partial charge >= 0.3 is 5.97 Å². The maximum Gasteiger partial charge on any atom is 0.312 e. The molecule has 4 heterocycles. The van der Waals surface area contributed by atoms with Crippen molar-refractivity contribution in [1.29, 1.82) is 0 Å². The Labute approximate surface area is 195 Å². The van der Waals surface area contributed by atoms with Gasteiger partial charge in [-0.3, -0.25) is 14.4 Å². The highest BCUT2D eigenvalue weighted by atomic mass is 16.6. The standard InChI is InChI=1S/C25H36N2O6/c1-4-5-7-12-26-13-9-11-25-20(19-18(33-25)10-6-8-14-32-24(19)31)22(29)27(21(25)23(26)30)17(15-28)16(2)3/h6,9-11,16-21,28H,4-5,7-8,12-15H2,1-3H3/t17-,18+,19-,20-,21?,25-/m0/s1. The molecule has 4 rings (SSSR count). The van der Waals surface area contributed by atoms with Gasteiger partial charge in [0.25, 0.3) is 0 Å². The molecule has 33 heavy (non-hydrogen) atoms. The van der Waals surface area contributed by atoms with E-state index in [4.69, 9.17) is 9.47 Å². The SMILES string of the molecule is CCCCCN1CC=C[C@]23O[C@@H]4C=CCCOC(=O)[C@@H]4[C@H]2C(=O)N([C@@H](CO)C(C)C)C3C1=O. The van der Waals surface area contributed by atoms with Crippen molar-refractivity contribution in [3.05, 3.63) is 24.3 Å². The topological polar surface area (TPSA) is 96.4 Å². The molecule has 2 amide bonds. The molecule has 0 radical (unpaired) electrons. The van der Waals surface area contributed by atoms with Crippen LogP contribution in [0.4, 0.5) is 0 Å². The van der Waals surface area contributed by atoms with Gasteiger partial charge in [0, 0.05) is 13.1 Å². The number of ether oxygens (including phenoxy) is 2. The number of cyclic esters (lactones) is 1. The number of amides is 2. The summed E-state index contributed by atoms with van der Waals surface area (Å²) in [6.45, 7) is 6.96. The van der Waals surface area contributed by atoms with E-state index in [1.54, 1.807) is 4.90 Å². The summed E-state index contributed by atoms with van der Waals surface area (Å²) in [6, 6.07) is -1.48. The van der Waals surface area contributed by atoms with E-state index < -0.39 is 41.6 Å². The van der Waals surface area contributed by atoms with Gasteiger partial charge in [0.15, 0.2) is 0 Å². The van der Waals surface area contributed by atoms with Gasteiger partial charge < -0.3 is 24.4 Å². The van der Waals surface area contributed by atoms with E-state index in [0.29, 0.717) is 19.5 Å². The molecular formula is C25H36N2O6. The predicted octanol–water partition coefficient (Wildman–Crippen LogP) is 1.68. The molecule has 1 unspecified atom stereocenters. The third-order valence-electron chi connectivity index (χ3n) is 7.49. The number of esters is 1. The maximum absolute atomic E-state index is 14.0. The van der Waals surface area contributed by atoms with Gasteiger partial charge in [-0.15, -0.1) is 0 Å². The number of carbonyl (C=O) groups is 3. The summed E-state index contributed by atoms with van der Waals surface area (Å²) < 4.78 is 12.0. The third-order valence-corrected chi connectivity index (χ3v) is 7.49. The molecule has 1 spiro atoms. The van der Waals surface area contributed by atoms with E-state index in [1.165, 1.54) is 4.90 Å². The number of unbranched alkanes of at least 4 members (excludes halogenated alkanes) is 2. The fourth-order valence-corrected chi connectivity index (χ4v) is 5.82. The van der Waals surface area contributed by atoms with Gasteiger partial charge in [0.1, 0.15) is 17.6 Å². The Morgan fingerprint density at radius 3 is 2.67 bits per heavy atom. The second-order valence-electron chi connectivity index (χ2n) is 9.86. The number of hydrogen-bond acceptors (Lipinski definition) is 6. The normalized spacial score (nSPS) is 34.5. The lowest BCUT2D eigenvalue weighted by molar-refractivity contribution is -0.157. The molecule has 0 bridgehead atoms. The quantitative estimate of drug-likeness (QED) is 0.353. The summed E-state index contributed by atoms with van der Waals surface area (Å²) in [7, 11) is 0. The Balaban J connectivity index is 1.80. The number of rotatable bonds is 7. The lowest BCUT2D eigenvalue weighted by atomic mass is 9.77. The van der Waals surface area contributed by atoms with Crippen molar-refractivity contribution >= 4 is 17.8 Å². The average molecular weight is 461 g/mol. The highest BCUT2D eigenvalue weighted by Crippen LogP contribution is 2.54. The second-order valence-corrected chi connectivity index (χ2v) is 9.86. The van der Waals surface area contributed by atoms with Crippen molar-refractivity contribution in [2.75, 3.05) is 26.3 Å². The summed E-state index contributed by atoms with van der Waals surface area (Å²) in [5, 5.41) is 10.2. The van der Waals surface area contributed by atoms with E-state index in [-0.39, 0.29) is 30.9 Å². The summed E-state index contributed by atoms with van der Waals surface area (Å²) in [5.74, 6) is -2.74. The second kappa shape index (κ2) is 9.58. The summed E-state index contributed by atoms with van der Waals surface area (Å²) >= 11 is 0. The van der Waals surface area contributed by atoms with Crippen molar-refractivity contribution in [2.24, 2.45) is 17.8 Å². The predicted molar refractivity (Wildman–Crippen MR) is 121 cm³/mol. The Morgan fingerprint density at radius 2 is 1.97 bits per heavy atom. The zero-order chi connectivity index (χ0) is 23.8. The van der Waals surface area contributed by atoms with Crippen LogP contribution in [-0.2, 0) is 23.9 Å². The van der Waals surface area contributed by atoms with E-state index in [9.17, 15) is 19.5 Å². The van der Waals surface area contributed by atoms with Crippen LogP contribution < -0.4 is 0 Å². The van der Waals surface area contributed by atoms with Crippen LogP contribution >= 0.6 is 0 Å². The fourth-order valence-electron chi connectivity index (χ4n) is 5.82. The number of carbonyl (C=O) groups excluding carboxylic acids is 3. The molecule has 1 N–H and O–H groups in total. The smallest absolute Gasteiger partial charge is 0.312 e. The Morgan fingerprint density at radius 1 is 1.18 bits per heavy atom. The van der Waals surface area contributed by atoms with Crippen LogP contribution in [0.2, 0.25) is 0 Å². The van der Waals surface area contributed by atoms with Crippen LogP contribution in [0.5, 0.6) is 0 Å². The lowest BCUT2D eigenvalue weighted by Crippen LogP contribution is -2.59. The van der Waals surface area contributed by atoms with Crippen LogP contribution in [0, 0.1) is 17.8 Å². The Kier molecular flexibility index (Phi) is 6.96. The van der Waals surface area contributed by atoms with Crippen LogP contribution in [0.3, 0.4) is 0 Å². The van der Waals surface area contributed by atoms with E-state index in [2.05, 4.69) is 6.92 Å². The Bertz CT molecular complexity index is 839. The van der Waals surface area contributed by atoms with E-state index in [0.717, 1.165) is 19.3 Å². The monoisotopic (exact) mass is 460 g/mol. The fraction of sp³-hybridized carbons (Fsp3) is 0.720. The number of hydrogen-bond donors (Lipinski definition) is 1. The van der Waals surface area contributed by atoms with Gasteiger partial charge in [-0.25, -0.2) is 0 Å². The van der Waals surface area contributed by atoms with Crippen molar-refractivity contribution in [2.45, 2.75) is 70.2 Å². The highest BCUT2D eigenvalue weighted by molar-refractivity contribution is 5.99. The molecule has 8 nitrogen and oxygen atoms in total. The molecule has 182 valence electrons. The molecule has 4 aliphatic rings. The average Bonchev–Trinajstić information content (AvgIpc) is 3.15. The lowest BCUT2D eigenvalue weighted by Gasteiger charge is -2.40.